The molecule has 13 heavy (non-hydrogen) atoms. The number of halogens is 3. The molecule has 0 rings (SSSR count). The molecule has 1 atom stereocenters. The Morgan fingerprint density at radius 1 is 1.31 bits per heavy atom. The summed E-state index contributed by atoms with van der Waals surface area (Å²) >= 11 is 0. The highest BCUT2D eigenvalue weighted by Crippen LogP contribution is 2.22. The Morgan fingerprint density at radius 3 is 2.38 bits per heavy atom. The van der Waals surface area contributed by atoms with Crippen molar-refractivity contribution < 1.29 is 18.3 Å². The maximum absolute atomic E-state index is 11.6. The van der Waals surface area contributed by atoms with Crippen LogP contribution in [0.4, 0.5) is 13.2 Å². The van der Waals surface area contributed by atoms with Crippen LogP contribution >= 0.6 is 0 Å². The van der Waals surface area contributed by atoms with Gasteiger partial charge >= 0.3 is 6.18 Å². The molecule has 0 saturated carbocycles. The minimum absolute atomic E-state index is 0.00792. The van der Waals surface area contributed by atoms with Gasteiger partial charge in [-0.2, -0.15) is 18.4 Å². The van der Waals surface area contributed by atoms with Gasteiger partial charge in [0.05, 0.1) is 18.6 Å². The minimum atomic E-state index is -4.11. The fourth-order valence-corrected chi connectivity index (χ4v) is 0.913. The van der Waals surface area contributed by atoms with Crippen molar-refractivity contribution in [3.05, 3.63) is 0 Å². The quantitative estimate of drug-likeness (QED) is 0.684. The lowest BCUT2D eigenvalue weighted by molar-refractivity contribution is -0.135. The van der Waals surface area contributed by atoms with Crippen molar-refractivity contribution >= 4 is 0 Å². The smallest absolute Gasteiger partial charge is 0.389 e. The van der Waals surface area contributed by atoms with Gasteiger partial charge in [0.1, 0.15) is 0 Å². The highest BCUT2D eigenvalue weighted by molar-refractivity contribution is 4.74. The number of alkyl halides is 3. The second kappa shape index (κ2) is 5.81. The van der Waals surface area contributed by atoms with Crippen molar-refractivity contribution in [1.82, 2.24) is 0 Å². The van der Waals surface area contributed by atoms with Crippen LogP contribution in [-0.2, 0) is 0 Å². The second-order valence-corrected chi connectivity index (χ2v) is 2.88. The molecule has 2 nitrogen and oxygen atoms in total. The Hall–Kier alpha value is -0.760. The van der Waals surface area contributed by atoms with E-state index >= 15 is 0 Å². The number of aliphatic hydroxyl groups is 1. The van der Waals surface area contributed by atoms with Crippen LogP contribution in [0.3, 0.4) is 0 Å². The molecule has 0 aromatic carbocycles. The molecular weight excluding hydrogens is 183 g/mol. The molecule has 1 unspecified atom stereocenters. The van der Waals surface area contributed by atoms with Crippen LogP contribution in [0.1, 0.15) is 32.1 Å². The maximum atomic E-state index is 11.6. The summed E-state index contributed by atoms with van der Waals surface area (Å²) in [5.41, 5.74) is 0. The molecule has 0 aliphatic carbocycles. The Balaban J connectivity index is 3.32. The molecule has 76 valence electrons. The van der Waals surface area contributed by atoms with Crippen molar-refractivity contribution in [2.75, 3.05) is 0 Å². The van der Waals surface area contributed by atoms with Gasteiger partial charge < -0.3 is 5.11 Å². The monoisotopic (exact) mass is 195 g/mol. The third kappa shape index (κ3) is 9.15. The zero-order chi connectivity index (χ0) is 10.3. The molecule has 0 aromatic rings. The van der Waals surface area contributed by atoms with E-state index < -0.39 is 18.7 Å². The van der Waals surface area contributed by atoms with Crippen molar-refractivity contribution in [2.24, 2.45) is 0 Å². The van der Waals surface area contributed by atoms with E-state index in [0.717, 1.165) is 0 Å². The van der Waals surface area contributed by atoms with Crippen LogP contribution in [0.2, 0.25) is 0 Å². The summed E-state index contributed by atoms with van der Waals surface area (Å²) in [5.74, 6) is 0. The predicted molar refractivity (Wildman–Crippen MR) is 40.8 cm³/mol. The minimum Gasteiger partial charge on any atom is -0.392 e. The highest BCUT2D eigenvalue weighted by atomic mass is 19.4. The largest absolute Gasteiger partial charge is 0.392 e. The summed E-state index contributed by atoms with van der Waals surface area (Å²) in [7, 11) is 0. The van der Waals surface area contributed by atoms with Crippen LogP contribution < -0.4 is 0 Å². The molecule has 0 bridgehead atoms. The Bertz CT molecular complexity index is 173. The third-order valence-electron chi connectivity index (χ3n) is 1.57. The highest BCUT2D eigenvalue weighted by Gasteiger charge is 2.25. The van der Waals surface area contributed by atoms with Crippen molar-refractivity contribution in [3.8, 4) is 6.07 Å². The Kier molecular flexibility index (Phi) is 5.47. The lowest BCUT2D eigenvalue weighted by Gasteiger charge is -2.07. The molecule has 0 amide bonds. The first-order valence-corrected chi connectivity index (χ1v) is 4.07. The van der Waals surface area contributed by atoms with E-state index in [0.29, 0.717) is 6.42 Å². The van der Waals surface area contributed by atoms with Crippen LogP contribution in [-0.4, -0.2) is 17.4 Å². The number of aliphatic hydroxyl groups excluding tert-OH is 1. The molecule has 0 aliphatic heterocycles. The number of nitriles is 1. The zero-order valence-corrected chi connectivity index (χ0v) is 7.14. The van der Waals surface area contributed by atoms with E-state index in [2.05, 4.69) is 0 Å². The first-order valence-electron chi connectivity index (χ1n) is 4.07. The standard InChI is InChI=1S/C8H12F3NO/c9-8(10,11)5-2-1-3-7(13)4-6-12/h7,13H,1-5H2. The molecule has 1 N–H and O–H groups in total. The fraction of sp³-hybridized carbons (Fsp3) is 0.875. The van der Waals surface area contributed by atoms with E-state index in [1.54, 1.807) is 6.07 Å². The van der Waals surface area contributed by atoms with Gasteiger partial charge in [-0.05, 0) is 12.8 Å². The summed E-state index contributed by atoms with van der Waals surface area (Å²) in [6, 6.07) is 1.75. The van der Waals surface area contributed by atoms with Gasteiger partial charge in [0.15, 0.2) is 0 Å². The van der Waals surface area contributed by atoms with Crippen LogP contribution in [0.5, 0.6) is 0 Å². The van der Waals surface area contributed by atoms with E-state index in [9.17, 15) is 13.2 Å². The summed E-state index contributed by atoms with van der Waals surface area (Å²) in [6.07, 6.45) is -5.12. The van der Waals surface area contributed by atoms with E-state index in [1.165, 1.54) is 0 Å². The van der Waals surface area contributed by atoms with Crippen molar-refractivity contribution in [1.29, 1.82) is 5.26 Å². The lowest BCUT2D eigenvalue weighted by atomic mass is 10.1. The average Bonchev–Trinajstić information content (AvgIpc) is 1.97. The normalized spacial score (nSPS) is 13.8. The van der Waals surface area contributed by atoms with Crippen LogP contribution in [0, 0.1) is 11.3 Å². The lowest BCUT2D eigenvalue weighted by Crippen LogP contribution is -2.08. The number of hydrogen-bond acceptors (Lipinski definition) is 2. The molecule has 0 saturated heterocycles. The topological polar surface area (TPSA) is 44.0 Å². The number of hydrogen-bond donors (Lipinski definition) is 1. The SMILES string of the molecule is N#CCC(O)CCCCC(F)(F)F. The van der Waals surface area contributed by atoms with Gasteiger partial charge in [0, 0.05) is 6.42 Å². The summed E-state index contributed by atoms with van der Waals surface area (Å²) in [4.78, 5) is 0. The van der Waals surface area contributed by atoms with E-state index in [4.69, 9.17) is 10.4 Å². The van der Waals surface area contributed by atoms with Crippen molar-refractivity contribution in [3.63, 3.8) is 0 Å². The van der Waals surface area contributed by atoms with Crippen LogP contribution in [0.25, 0.3) is 0 Å². The molecule has 0 heterocycles. The van der Waals surface area contributed by atoms with Gasteiger partial charge in [-0.15, -0.1) is 0 Å². The van der Waals surface area contributed by atoms with Crippen molar-refractivity contribution in [2.45, 2.75) is 44.4 Å². The molecule has 5 heteroatoms. The molecule has 0 radical (unpaired) electrons. The van der Waals surface area contributed by atoms with Gasteiger partial charge in [0.25, 0.3) is 0 Å². The number of nitrogens with zero attached hydrogens (tertiary/aromatic N) is 1. The summed E-state index contributed by atoms with van der Waals surface area (Å²) in [5, 5.41) is 17.1. The van der Waals surface area contributed by atoms with Gasteiger partial charge in [-0.1, -0.05) is 6.42 Å². The fourth-order valence-electron chi connectivity index (χ4n) is 0.913. The zero-order valence-electron chi connectivity index (χ0n) is 7.14. The van der Waals surface area contributed by atoms with Gasteiger partial charge in [0.2, 0.25) is 0 Å². The predicted octanol–water partition coefficient (Wildman–Crippen LogP) is 2.38. The summed E-state index contributed by atoms with van der Waals surface area (Å²) in [6.45, 7) is 0. The molecular formula is C8H12F3NO. The van der Waals surface area contributed by atoms with Gasteiger partial charge in [-0.25, -0.2) is 0 Å². The Labute approximate surface area is 75.0 Å². The maximum Gasteiger partial charge on any atom is 0.389 e. The Morgan fingerprint density at radius 2 is 1.92 bits per heavy atom. The molecule has 0 aromatic heterocycles. The van der Waals surface area contributed by atoms with E-state index in [1.807, 2.05) is 0 Å². The van der Waals surface area contributed by atoms with E-state index in [-0.39, 0.29) is 19.3 Å². The molecule has 0 spiro atoms. The number of unbranched alkanes of at least 4 members (excludes halogenated alkanes) is 1. The molecule has 0 fully saturated rings. The average molecular weight is 195 g/mol. The number of rotatable bonds is 5. The van der Waals surface area contributed by atoms with Gasteiger partial charge in [-0.3, -0.25) is 0 Å². The first kappa shape index (κ1) is 12.2. The summed E-state index contributed by atoms with van der Waals surface area (Å²) < 4.78 is 34.8. The van der Waals surface area contributed by atoms with Crippen LogP contribution in [0.15, 0.2) is 0 Å². The molecule has 0 aliphatic rings. The first-order chi connectivity index (χ1) is 5.95. The second-order valence-electron chi connectivity index (χ2n) is 2.88. The third-order valence-corrected chi connectivity index (χ3v) is 1.57.